The van der Waals surface area contributed by atoms with E-state index in [0.717, 1.165) is 5.56 Å². The van der Waals surface area contributed by atoms with Crippen LogP contribution in [0.3, 0.4) is 0 Å². The van der Waals surface area contributed by atoms with Crippen molar-refractivity contribution in [2.24, 2.45) is 0 Å². The normalized spacial score (nSPS) is 12.7. The second-order valence-electron chi connectivity index (χ2n) is 3.35. The third-order valence-corrected chi connectivity index (χ3v) is 2.19. The fraction of sp³-hybridized carbons (Fsp3) is 0.545. The number of ether oxygens (including phenoxy) is 2. The molecule has 0 saturated carbocycles. The molecule has 0 saturated heterocycles. The molecule has 1 atom stereocenters. The van der Waals surface area contributed by atoms with Crippen LogP contribution in [0.2, 0.25) is 0 Å². The molecule has 0 aromatic carbocycles. The molecule has 0 aliphatic heterocycles. The summed E-state index contributed by atoms with van der Waals surface area (Å²) in [7, 11) is 3.42. The first-order valence-corrected chi connectivity index (χ1v) is 5.12. The average molecular weight is 228 g/mol. The van der Waals surface area contributed by atoms with E-state index in [-0.39, 0.29) is 11.9 Å². The molecule has 0 aliphatic carbocycles. The Hall–Kier alpha value is -1.04. The highest BCUT2D eigenvalue weighted by Crippen LogP contribution is 2.12. The molecule has 90 valence electrons. The first-order chi connectivity index (χ1) is 7.77. The van der Waals surface area contributed by atoms with Crippen LogP contribution >= 0.6 is 0 Å². The molecule has 1 aromatic heterocycles. The molecule has 0 fully saturated rings. The fourth-order valence-corrected chi connectivity index (χ4v) is 1.31. The minimum absolute atomic E-state index is 0.0555. The number of rotatable bonds is 7. The van der Waals surface area contributed by atoms with E-state index in [9.17, 15) is 4.39 Å². The van der Waals surface area contributed by atoms with Crippen molar-refractivity contribution < 1.29 is 13.9 Å². The van der Waals surface area contributed by atoms with Crippen LogP contribution in [0.1, 0.15) is 11.6 Å². The number of pyridine rings is 1. The minimum Gasteiger partial charge on any atom is -0.382 e. The molecule has 1 heterocycles. The van der Waals surface area contributed by atoms with Gasteiger partial charge in [-0.3, -0.25) is 4.98 Å². The number of hydrogen-bond donors (Lipinski definition) is 1. The Morgan fingerprint density at radius 1 is 1.44 bits per heavy atom. The van der Waals surface area contributed by atoms with Crippen LogP contribution in [0.15, 0.2) is 18.5 Å². The summed E-state index contributed by atoms with van der Waals surface area (Å²) in [5.41, 5.74) is 0.778. The van der Waals surface area contributed by atoms with Crippen molar-refractivity contribution in [2.45, 2.75) is 6.04 Å². The SMILES string of the molecule is CNC(COCCOC)c1cncc(F)c1. The molecule has 1 N–H and O–H groups in total. The van der Waals surface area contributed by atoms with Crippen LogP contribution in [0, 0.1) is 5.82 Å². The van der Waals surface area contributed by atoms with E-state index in [1.165, 1.54) is 12.3 Å². The Morgan fingerprint density at radius 3 is 2.88 bits per heavy atom. The molecule has 4 nitrogen and oxygen atoms in total. The lowest BCUT2D eigenvalue weighted by Gasteiger charge is -2.16. The molecule has 0 amide bonds. The molecular weight excluding hydrogens is 211 g/mol. The minimum atomic E-state index is -0.338. The van der Waals surface area contributed by atoms with Gasteiger partial charge in [0.2, 0.25) is 0 Å². The lowest BCUT2D eigenvalue weighted by Crippen LogP contribution is -2.23. The van der Waals surface area contributed by atoms with Gasteiger partial charge < -0.3 is 14.8 Å². The number of halogens is 1. The smallest absolute Gasteiger partial charge is 0.141 e. The van der Waals surface area contributed by atoms with Crippen molar-refractivity contribution >= 4 is 0 Å². The maximum Gasteiger partial charge on any atom is 0.141 e. The number of nitrogens with one attached hydrogen (secondary N) is 1. The summed E-state index contributed by atoms with van der Waals surface area (Å²) in [5, 5.41) is 3.05. The van der Waals surface area contributed by atoms with Crippen LogP contribution in [0.25, 0.3) is 0 Å². The maximum atomic E-state index is 13.0. The molecule has 0 radical (unpaired) electrons. The molecular formula is C11H17FN2O2. The van der Waals surface area contributed by atoms with Gasteiger partial charge in [-0.25, -0.2) is 4.39 Å². The van der Waals surface area contributed by atoms with Crippen molar-refractivity contribution in [1.82, 2.24) is 10.3 Å². The van der Waals surface area contributed by atoms with Crippen molar-refractivity contribution in [1.29, 1.82) is 0 Å². The van der Waals surface area contributed by atoms with Gasteiger partial charge in [0, 0.05) is 13.3 Å². The summed E-state index contributed by atoms with van der Waals surface area (Å²) in [6, 6.07) is 1.40. The Labute approximate surface area is 94.8 Å². The summed E-state index contributed by atoms with van der Waals surface area (Å²) < 4.78 is 23.2. The van der Waals surface area contributed by atoms with E-state index < -0.39 is 0 Å². The summed E-state index contributed by atoms with van der Waals surface area (Å²) in [4.78, 5) is 3.80. The summed E-state index contributed by atoms with van der Waals surface area (Å²) in [6.45, 7) is 1.54. The fourth-order valence-electron chi connectivity index (χ4n) is 1.31. The zero-order chi connectivity index (χ0) is 11.8. The maximum absolute atomic E-state index is 13.0. The van der Waals surface area contributed by atoms with Crippen LogP contribution in [-0.2, 0) is 9.47 Å². The number of likely N-dealkylation sites (N-methyl/N-ethyl adjacent to an activating group) is 1. The molecule has 16 heavy (non-hydrogen) atoms. The Kier molecular flexibility index (Phi) is 5.92. The summed E-state index contributed by atoms with van der Waals surface area (Å²) >= 11 is 0. The Balaban J connectivity index is 2.47. The first-order valence-electron chi connectivity index (χ1n) is 5.12. The average Bonchev–Trinajstić information content (AvgIpc) is 2.29. The lowest BCUT2D eigenvalue weighted by atomic mass is 10.1. The number of aromatic nitrogens is 1. The molecule has 0 bridgehead atoms. The molecule has 5 heteroatoms. The summed E-state index contributed by atoms with van der Waals surface area (Å²) in [5.74, 6) is -0.338. The highest BCUT2D eigenvalue weighted by atomic mass is 19.1. The van der Waals surface area contributed by atoms with E-state index in [4.69, 9.17) is 9.47 Å². The quantitative estimate of drug-likeness (QED) is 0.711. The zero-order valence-corrected chi connectivity index (χ0v) is 9.57. The van der Waals surface area contributed by atoms with E-state index in [2.05, 4.69) is 10.3 Å². The third kappa shape index (κ3) is 4.22. The van der Waals surface area contributed by atoms with Gasteiger partial charge in [-0.15, -0.1) is 0 Å². The third-order valence-electron chi connectivity index (χ3n) is 2.19. The second-order valence-corrected chi connectivity index (χ2v) is 3.35. The second kappa shape index (κ2) is 7.27. The van der Waals surface area contributed by atoms with E-state index in [1.807, 2.05) is 0 Å². The van der Waals surface area contributed by atoms with Gasteiger partial charge in [-0.1, -0.05) is 0 Å². The van der Waals surface area contributed by atoms with Gasteiger partial charge in [-0.05, 0) is 18.7 Å². The van der Waals surface area contributed by atoms with Crippen molar-refractivity contribution in [3.05, 3.63) is 29.8 Å². The summed E-state index contributed by atoms with van der Waals surface area (Å²) in [6.07, 6.45) is 2.81. The van der Waals surface area contributed by atoms with Crippen LogP contribution in [0.5, 0.6) is 0 Å². The van der Waals surface area contributed by atoms with E-state index >= 15 is 0 Å². The topological polar surface area (TPSA) is 43.4 Å². The molecule has 0 spiro atoms. The van der Waals surface area contributed by atoms with Gasteiger partial charge in [0.05, 0.1) is 32.1 Å². The number of hydrogen-bond acceptors (Lipinski definition) is 4. The molecule has 1 rings (SSSR count). The highest BCUT2D eigenvalue weighted by Gasteiger charge is 2.10. The van der Waals surface area contributed by atoms with Gasteiger partial charge in [0.25, 0.3) is 0 Å². The monoisotopic (exact) mass is 228 g/mol. The van der Waals surface area contributed by atoms with Gasteiger partial charge in [-0.2, -0.15) is 0 Å². The predicted molar refractivity (Wildman–Crippen MR) is 58.7 cm³/mol. The number of methoxy groups -OCH3 is 1. The van der Waals surface area contributed by atoms with Crippen molar-refractivity contribution in [3.63, 3.8) is 0 Å². The van der Waals surface area contributed by atoms with Crippen LogP contribution < -0.4 is 5.32 Å². The Morgan fingerprint density at radius 2 is 2.25 bits per heavy atom. The van der Waals surface area contributed by atoms with Crippen LogP contribution in [-0.4, -0.2) is 39.0 Å². The van der Waals surface area contributed by atoms with Crippen LogP contribution in [0.4, 0.5) is 4.39 Å². The lowest BCUT2D eigenvalue weighted by molar-refractivity contribution is 0.0595. The van der Waals surface area contributed by atoms with Gasteiger partial charge >= 0.3 is 0 Å². The molecule has 1 aromatic rings. The predicted octanol–water partition coefficient (Wildman–Crippen LogP) is 1.14. The van der Waals surface area contributed by atoms with Crippen molar-refractivity contribution in [3.8, 4) is 0 Å². The van der Waals surface area contributed by atoms with Gasteiger partial charge in [0.15, 0.2) is 0 Å². The number of nitrogens with zero attached hydrogens (tertiary/aromatic N) is 1. The van der Waals surface area contributed by atoms with E-state index in [1.54, 1.807) is 20.4 Å². The van der Waals surface area contributed by atoms with E-state index in [0.29, 0.717) is 19.8 Å². The van der Waals surface area contributed by atoms with Crippen molar-refractivity contribution in [2.75, 3.05) is 34.0 Å². The standard InChI is InChI=1S/C11H17FN2O2/c1-13-11(8-16-4-3-15-2)9-5-10(12)7-14-6-9/h5-7,11,13H,3-4,8H2,1-2H3. The largest absolute Gasteiger partial charge is 0.382 e. The first kappa shape index (κ1) is 13.0. The molecule has 0 aliphatic rings. The van der Waals surface area contributed by atoms with Gasteiger partial charge in [0.1, 0.15) is 5.82 Å². The highest BCUT2D eigenvalue weighted by molar-refractivity contribution is 5.14. The molecule has 1 unspecified atom stereocenters. The Bertz CT molecular complexity index is 310. The zero-order valence-electron chi connectivity index (χ0n) is 9.57.